The van der Waals surface area contributed by atoms with Crippen molar-refractivity contribution in [2.75, 3.05) is 6.54 Å². The minimum atomic E-state index is 0.182. The quantitative estimate of drug-likeness (QED) is 0.786. The first-order chi connectivity index (χ1) is 10.2. The molecule has 0 saturated heterocycles. The van der Waals surface area contributed by atoms with E-state index in [9.17, 15) is 0 Å². The molecule has 0 aliphatic heterocycles. The zero-order chi connectivity index (χ0) is 14.8. The molecule has 2 N–H and O–H groups in total. The predicted octanol–water partition coefficient (Wildman–Crippen LogP) is 3.35. The molecular formula is C16H19N3OS. The molecule has 4 nitrogen and oxygen atoms in total. The molecule has 0 radical (unpaired) electrons. The Morgan fingerprint density at radius 1 is 1.29 bits per heavy atom. The smallest absolute Gasteiger partial charge is 0.194 e. The number of fused-ring (bicyclic) bond motifs is 1. The summed E-state index contributed by atoms with van der Waals surface area (Å²) < 4.78 is 7.81. The highest BCUT2D eigenvalue weighted by molar-refractivity contribution is 7.15. The second-order valence-electron chi connectivity index (χ2n) is 5.19. The minimum absolute atomic E-state index is 0.182. The summed E-state index contributed by atoms with van der Waals surface area (Å²) in [5.41, 5.74) is 9.04. The Bertz CT molecular complexity index is 728. The zero-order valence-corrected chi connectivity index (χ0v) is 13.1. The van der Waals surface area contributed by atoms with E-state index in [2.05, 4.69) is 22.7 Å². The molecule has 0 saturated carbocycles. The first-order valence-electron chi connectivity index (χ1n) is 7.10. The Hall–Kier alpha value is -1.85. The normalized spacial score (nSPS) is 11.4. The molecule has 21 heavy (non-hydrogen) atoms. The van der Waals surface area contributed by atoms with Gasteiger partial charge in [0.15, 0.2) is 4.96 Å². The van der Waals surface area contributed by atoms with Gasteiger partial charge in [0, 0.05) is 23.6 Å². The number of imidazole rings is 1. The summed E-state index contributed by atoms with van der Waals surface area (Å²) in [7, 11) is 0. The maximum atomic E-state index is 5.75. The van der Waals surface area contributed by atoms with Crippen molar-refractivity contribution in [1.29, 1.82) is 0 Å². The molecule has 5 heteroatoms. The van der Waals surface area contributed by atoms with Crippen LogP contribution in [0.4, 0.5) is 0 Å². The average Bonchev–Trinajstić information content (AvgIpc) is 3.02. The third-order valence-corrected chi connectivity index (χ3v) is 4.00. The second kappa shape index (κ2) is 5.87. The van der Waals surface area contributed by atoms with Crippen LogP contribution >= 0.6 is 11.3 Å². The van der Waals surface area contributed by atoms with Crippen LogP contribution in [0.3, 0.4) is 0 Å². The van der Waals surface area contributed by atoms with Crippen LogP contribution in [0.15, 0.2) is 35.8 Å². The van der Waals surface area contributed by atoms with E-state index in [0.29, 0.717) is 6.54 Å². The first kappa shape index (κ1) is 14.1. The van der Waals surface area contributed by atoms with Gasteiger partial charge in [-0.2, -0.15) is 0 Å². The van der Waals surface area contributed by atoms with E-state index < -0.39 is 0 Å². The molecular weight excluding hydrogens is 282 g/mol. The van der Waals surface area contributed by atoms with Crippen LogP contribution in [0.5, 0.6) is 5.75 Å². The molecule has 110 valence electrons. The molecule has 0 unspecified atom stereocenters. The number of nitrogens with zero attached hydrogens (tertiary/aromatic N) is 2. The maximum Gasteiger partial charge on any atom is 0.194 e. The van der Waals surface area contributed by atoms with Crippen molar-refractivity contribution < 1.29 is 4.74 Å². The number of hydrogen-bond donors (Lipinski definition) is 1. The van der Waals surface area contributed by atoms with Gasteiger partial charge in [0.1, 0.15) is 5.75 Å². The van der Waals surface area contributed by atoms with E-state index in [0.717, 1.165) is 28.4 Å². The third kappa shape index (κ3) is 2.80. The van der Waals surface area contributed by atoms with Crippen molar-refractivity contribution in [1.82, 2.24) is 9.38 Å². The van der Waals surface area contributed by atoms with E-state index in [1.54, 1.807) is 11.3 Å². The molecule has 3 rings (SSSR count). The van der Waals surface area contributed by atoms with Crippen LogP contribution in [0.2, 0.25) is 0 Å². The molecule has 3 aromatic rings. The van der Waals surface area contributed by atoms with Crippen molar-refractivity contribution in [3.63, 3.8) is 0 Å². The maximum absolute atomic E-state index is 5.75. The number of ether oxygens (including phenoxy) is 1. The van der Waals surface area contributed by atoms with Crippen LogP contribution in [0, 0.1) is 0 Å². The highest BCUT2D eigenvalue weighted by Crippen LogP contribution is 2.28. The van der Waals surface area contributed by atoms with Gasteiger partial charge in [-0.3, -0.25) is 4.40 Å². The summed E-state index contributed by atoms with van der Waals surface area (Å²) in [6.07, 6.45) is 3.05. The molecule has 2 aromatic heterocycles. The summed E-state index contributed by atoms with van der Waals surface area (Å²) in [6, 6.07) is 8.11. The SMILES string of the molecule is CC(C)Oc1ccc(-c2nc3sccn3c2CCN)cc1. The largest absolute Gasteiger partial charge is 0.491 e. The van der Waals surface area contributed by atoms with E-state index in [-0.39, 0.29) is 6.10 Å². The predicted molar refractivity (Wildman–Crippen MR) is 87.0 cm³/mol. The lowest BCUT2D eigenvalue weighted by molar-refractivity contribution is 0.242. The minimum Gasteiger partial charge on any atom is -0.491 e. The number of nitrogens with two attached hydrogens (primary N) is 1. The topological polar surface area (TPSA) is 52.5 Å². The monoisotopic (exact) mass is 301 g/mol. The van der Waals surface area contributed by atoms with Crippen molar-refractivity contribution in [3.8, 4) is 17.0 Å². The standard InChI is InChI=1S/C16H19N3OS/c1-11(2)20-13-5-3-12(4-6-13)15-14(7-8-17)19-9-10-21-16(19)18-15/h3-6,9-11H,7-8,17H2,1-2H3. The number of aromatic nitrogens is 2. The lowest BCUT2D eigenvalue weighted by Gasteiger charge is -2.10. The summed E-state index contributed by atoms with van der Waals surface area (Å²) in [6.45, 7) is 4.67. The van der Waals surface area contributed by atoms with E-state index in [1.165, 1.54) is 5.69 Å². The number of benzene rings is 1. The van der Waals surface area contributed by atoms with Gasteiger partial charge >= 0.3 is 0 Å². The third-order valence-electron chi connectivity index (χ3n) is 3.24. The van der Waals surface area contributed by atoms with Gasteiger partial charge in [0.05, 0.1) is 17.5 Å². The summed E-state index contributed by atoms with van der Waals surface area (Å²) in [4.78, 5) is 5.75. The molecule has 2 heterocycles. The lowest BCUT2D eigenvalue weighted by Crippen LogP contribution is -2.06. The molecule has 0 bridgehead atoms. The Labute approximate surface area is 128 Å². The van der Waals surface area contributed by atoms with Gasteiger partial charge in [-0.05, 0) is 44.7 Å². The van der Waals surface area contributed by atoms with Gasteiger partial charge in [-0.25, -0.2) is 4.98 Å². The number of thiazole rings is 1. The molecule has 0 aliphatic rings. The Balaban J connectivity index is 1.99. The van der Waals surface area contributed by atoms with E-state index in [4.69, 9.17) is 15.5 Å². The Morgan fingerprint density at radius 2 is 2.05 bits per heavy atom. The van der Waals surface area contributed by atoms with Gasteiger partial charge in [-0.15, -0.1) is 11.3 Å². The fourth-order valence-corrected chi connectivity index (χ4v) is 3.14. The fourth-order valence-electron chi connectivity index (χ4n) is 2.40. The van der Waals surface area contributed by atoms with Crippen LogP contribution in [-0.2, 0) is 6.42 Å². The molecule has 0 amide bonds. The van der Waals surface area contributed by atoms with E-state index in [1.807, 2.05) is 31.4 Å². The van der Waals surface area contributed by atoms with Gasteiger partial charge in [0.25, 0.3) is 0 Å². The van der Waals surface area contributed by atoms with Crippen LogP contribution in [0.1, 0.15) is 19.5 Å². The molecule has 0 atom stereocenters. The molecule has 1 aromatic carbocycles. The number of hydrogen-bond acceptors (Lipinski definition) is 4. The highest BCUT2D eigenvalue weighted by atomic mass is 32.1. The zero-order valence-electron chi connectivity index (χ0n) is 12.2. The van der Waals surface area contributed by atoms with Crippen molar-refractivity contribution in [2.24, 2.45) is 5.73 Å². The van der Waals surface area contributed by atoms with E-state index >= 15 is 0 Å². The van der Waals surface area contributed by atoms with Crippen molar-refractivity contribution in [3.05, 3.63) is 41.5 Å². The second-order valence-corrected chi connectivity index (χ2v) is 6.07. The first-order valence-corrected chi connectivity index (χ1v) is 7.98. The highest BCUT2D eigenvalue weighted by Gasteiger charge is 2.14. The Morgan fingerprint density at radius 3 is 2.71 bits per heavy atom. The summed E-state index contributed by atoms with van der Waals surface area (Å²) in [5.74, 6) is 0.884. The lowest BCUT2D eigenvalue weighted by atomic mass is 10.1. The van der Waals surface area contributed by atoms with Gasteiger partial charge in [-0.1, -0.05) is 0 Å². The average molecular weight is 301 g/mol. The molecule has 0 aliphatic carbocycles. The Kier molecular flexibility index (Phi) is 3.94. The van der Waals surface area contributed by atoms with Crippen molar-refractivity contribution in [2.45, 2.75) is 26.4 Å². The van der Waals surface area contributed by atoms with Gasteiger partial charge in [0.2, 0.25) is 0 Å². The van der Waals surface area contributed by atoms with Crippen LogP contribution < -0.4 is 10.5 Å². The van der Waals surface area contributed by atoms with Crippen molar-refractivity contribution >= 4 is 16.3 Å². The molecule has 0 spiro atoms. The summed E-state index contributed by atoms with van der Waals surface area (Å²) in [5, 5.41) is 2.05. The number of rotatable bonds is 5. The van der Waals surface area contributed by atoms with Crippen LogP contribution in [-0.4, -0.2) is 22.0 Å². The molecule has 0 fully saturated rings. The van der Waals surface area contributed by atoms with Crippen LogP contribution in [0.25, 0.3) is 16.2 Å². The summed E-state index contributed by atoms with van der Waals surface area (Å²) >= 11 is 1.64. The fraction of sp³-hybridized carbons (Fsp3) is 0.312. The van der Waals surface area contributed by atoms with Gasteiger partial charge < -0.3 is 10.5 Å².